The van der Waals surface area contributed by atoms with Crippen LogP contribution in [0.15, 0.2) is 15.9 Å². The molecule has 0 fully saturated rings. The van der Waals surface area contributed by atoms with Gasteiger partial charge in [0.1, 0.15) is 0 Å². The minimum absolute atomic E-state index is 0.00230. The van der Waals surface area contributed by atoms with Gasteiger partial charge < -0.3 is 9.15 Å². The van der Waals surface area contributed by atoms with Gasteiger partial charge in [0, 0.05) is 10.9 Å². The van der Waals surface area contributed by atoms with E-state index in [4.69, 9.17) is 4.42 Å². The number of hydrogen-bond donors (Lipinski definition) is 0. The third kappa shape index (κ3) is 3.11. The molecule has 102 valence electrons. The van der Waals surface area contributed by atoms with Crippen LogP contribution in [0.3, 0.4) is 0 Å². The molecule has 0 saturated carbocycles. The van der Waals surface area contributed by atoms with Gasteiger partial charge >= 0.3 is 5.97 Å². The van der Waals surface area contributed by atoms with Crippen LogP contribution in [0.4, 0.5) is 8.78 Å². The number of thiophene rings is 1. The molecule has 4 nitrogen and oxygen atoms in total. The van der Waals surface area contributed by atoms with E-state index in [1.54, 1.807) is 18.4 Å². The molecule has 0 amide bonds. The van der Waals surface area contributed by atoms with Crippen LogP contribution in [0.2, 0.25) is 0 Å². The summed E-state index contributed by atoms with van der Waals surface area (Å²) in [6, 6.07) is 1.74. The monoisotopic (exact) mass is 399 g/mol. The Kier molecular flexibility index (Phi) is 4.50. The molecule has 2 aromatic heterocycles. The molecule has 0 atom stereocenters. The van der Waals surface area contributed by atoms with Crippen molar-refractivity contribution in [3.63, 3.8) is 0 Å². The number of halogens is 3. The van der Waals surface area contributed by atoms with E-state index in [1.165, 1.54) is 11.3 Å². The second-order valence-corrected chi connectivity index (χ2v) is 6.20. The Morgan fingerprint density at radius 2 is 2.37 bits per heavy atom. The molecule has 8 heteroatoms. The average Bonchev–Trinajstić information content (AvgIpc) is 2.94. The van der Waals surface area contributed by atoms with E-state index in [1.807, 2.05) is 0 Å². The molecule has 0 aliphatic heterocycles. The van der Waals surface area contributed by atoms with E-state index in [9.17, 15) is 13.6 Å². The molecule has 0 spiro atoms. The van der Waals surface area contributed by atoms with Crippen molar-refractivity contribution in [2.45, 2.75) is 13.3 Å². The predicted octanol–water partition coefficient (Wildman–Crippen LogP) is 4.12. The Morgan fingerprint density at radius 1 is 1.63 bits per heavy atom. The van der Waals surface area contributed by atoms with Crippen molar-refractivity contribution in [2.24, 2.45) is 0 Å². The maximum atomic E-state index is 12.8. The maximum absolute atomic E-state index is 12.8. The number of esters is 1. The molecule has 2 heterocycles. The van der Waals surface area contributed by atoms with Gasteiger partial charge in [0.2, 0.25) is 11.7 Å². The fourth-order valence-corrected chi connectivity index (χ4v) is 2.69. The van der Waals surface area contributed by atoms with Crippen LogP contribution < -0.4 is 0 Å². The lowest BCUT2D eigenvalue weighted by molar-refractivity contribution is 0.0476. The van der Waals surface area contributed by atoms with E-state index in [2.05, 4.69) is 32.3 Å². The van der Waals surface area contributed by atoms with Crippen LogP contribution in [0.5, 0.6) is 0 Å². The van der Waals surface area contributed by atoms with Gasteiger partial charge in [0.05, 0.1) is 9.49 Å². The molecule has 0 aliphatic rings. The zero-order valence-corrected chi connectivity index (χ0v) is 12.6. The maximum Gasteiger partial charge on any atom is 0.376 e. The first-order chi connectivity index (χ1) is 9.02. The fraction of sp³-hybridized carbons (Fsp3) is 0.273. The largest absolute Gasteiger partial charge is 0.460 e. The summed E-state index contributed by atoms with van der Waals surface area (Å²) < 4.78 is 36.4. The van der Waals surface area contributed by atoms with E-state index in [-0.39, 0.29) is 12.5 Å². The van der Waals surface area contributed by atoms with Crippen LogP contribution in [0.1, 0.15) is 29.6 Å². The second-order valence-electron chi connectivity index (χ2n) is 3.39. The van der Waals surface area contributed by atoms with E-state index >= 15 is 0 Å². The van der Waals surface area contributed by atoms with Crippen LogP contribution in [0.25, 0.3) is 11.5 Å². The lowest BCUT2D eigenvalue weighted by Crippen LogP contribution is -2.06. The Bertz CT molecular complexity index is 597. The summed E-state index contributed by atoms with van der Waals surface area (Å²) >= 11 is 3.52. The van der Waals surface area contributed by atoms with Crippen LogP contribution in [-0.4, -0.2) is 17.6 Å². The molecule has 0 radical (unpaired) electrons. The second kappa shape index (κ2) is 5.95. The third-order valence-electron chi connectivity index (χ3n) is 2.14. The molecule has 0 N–H and O–H groups in total. The zero-order valence-electron chi connectivity index (χ0n) is 9.65. The number of hydrogen-bond acceptors (Lipinski definition) is 5. The Labute approximate surface area is 124 Å². The molecule has 0 unspecified atom stereocenters. The quantitative estimate of drug-likeness (QED) is 0.574. The molecule has 0 aromatic carbocycles. The van der Waals surface area contributed by atoms with Gasteiger partial charge in [0.15, 0.2) is 5.69 Å². The van der Waals surface area contributed by atoms with E-state index in [0.29, 0.717) is 5.56 Å². The number of nitrogens with zero attached hydrogens (tertiary/aromatic N) is 1. The average molecular weight is 399 g/mol. The number of rotatable bonds is 4. The van der Waals surface area contributed by atoms with Crippen molar-refractivity contribution in [1.29, 1.82) is 0 Å². The zero-order chi connectivity index (χ0) is 14.0. The summed E-state index contributed by atoms with van der Waals surface area (Å²) in [7, 11) is 0. The number of alkyl halides is 2. The molecule has 19 heavy (non-hydrogen) atoms. The Balaban J connectivity index is 2.43. The highest BCUT2D eigenvalue weighted by Gasteiger charge is 2.28. The number of carbonyl (C=O) groups excluding carboxylic acids is 1. The highest BCUT2D eigenvalue weighted by Crippen LogP contribution is 2.31. The van der Waals surface area contributed by atoms with Gasteiger partial charge in [-0.2, -0.15) is 0 Å². The topological polar surface area (TPSA) is 52.3 Å². The minimum Gasteiger partial charge on any atom is -0.460 e. The van der Waals surface area contributed by atoms with Gasteiger partial charge in [-0.15, -0.1) is 11.3 Å². The summed E-state index contributed by atoms with van der Waals surface area (Å²) in [5.41, 5.74) is -0.124. The molecular weight excluding hydrogens is 391 g/mol. The summed E-state index contributed by atoms with van der Waals surface area (Å²) in [5, 5.41) is 1.72. The highest BCUT2D eigenvalue weighted by atomic mass is 127. The summed E-state index contributed by atoms with van der Waals surface area (Å²) in [6.45, 7) is 1.66. The normalized spacial score (nSPS) is 11.0. The van der Waals surface area contributed by atoms with Gasteiger partial charge in [-0.25, -0.2) is 18.6 Å². The van der Waals surface area contributed by atoms with Crippen molar-refractivity contribution in [3.8, 4) is 11.5 Å². The SMILES string of the molecule is CCOC(=O)c1oc(-c2csc(I)c2)nc1C(F)F. The molecule has 0 aliphatic carbocycles. The number of ether oxygens (including phenoxy) is 1. The van der Waals surface area contributed by atoms with Crippen molar-refractivity contribution in [3.05, 3.63) is 25.8 Å². The smallest absolute Gasteiger partial charge is 0.376 e. The number of oxazole rings is 1. The van der Waals surface area contributed by atoms with Crippen molar-refractivity contribution < 1.29 is 22.7 Å². The first kappa shape index (κ1) is 14.4. The summed E-state index contributed by atoms with van der Waals surface area (Å²) in [6.07, 6.45) is -2.89. The van der Waals surface area contributed by atoms with E-state index in [0.717, 1.165) is 2.88 Å². The molecule has 2 aromatic rings. The van der Waals surface area contributed by atoms with Crippen LogP contribution in [0, 0.1) is 2.88 Å². The van der Waals surface area contributed by atoms with Crippen LogP contribution >= 0.6 is 33.9 Å². The molecule has 0 saturated heterocycles. The first-order valence-electron chi connectivity index (χ1n) is 5.23. The number of carbonyl (C=O) groups is 1. The van der Waals surface area contributed by atoms with Crippen molar-refractivity contribution in [1.82, 2.24) is 4.98 Å². The van der Waals surface area contributed by atoms with E-state index < -0.39 is 23.8 Å². The lowest BCUT2D eigenvalue weighted by atomic mass is 10.3. The Morgan fingerprint density at radius 3 is 2.89 bits per heavy atom. The van der Waals surface area contributed by atoms with Crippen LogP contribution in [-0.2, 0) is 4.74 Å². The van der Waals surface area contributed by atoms with Crippen molar-refractivity contribution >= 4 is 39.9 Å². The Hall–Kier alpha value is -1.03. The molecule has 0 bridgehead atoms. The van der Waals surface area contributed by atoms with Gasteiger partial charge in [-0.1, -0.05) is 0 Å². The van der Waals surface area contributed by atoms with Gasteiger partial charge in [0.25, 0.3) is 6.43 Å². The standard InChI is InChI=1S/C11H8F2INO3S/c1-2-17-11(16)8-7(9(12)13)15-10(18-8)5-3-6(14)19-4-5/h3-4,9H,2H2,1H3. The van der Waals surface area contributed by atoms with Gasteiger partial charge in [-0.05, 0) is 35.6 Å². The van der Waals surface area contributed by atoms with Gasteiger partial charge in [-0.3, -0.25) is 0 Å². The minimum atomic E-state index is -2.89. The first-order valence-corrected chi connectivity index (χ1v) is 7.19. The predicted molar refractivity (Wildman–Crippen MR) is 73.4 cm³/mol. The van der Waals surface area contributed by atoms with Crippen molar-refractivity contribution in [2.75, 3.05) is 6.61 Å². The fourth-order valence-electron chi connectivity index (χ4n) is 1.37. The summed E-state index contributed by atoms with van der Waals surface area (Å²) in [4.78, 5) is 15.2. The molecular formula is C11H8F2INO3S. The highest BCUT2D eigenvalue weighted by molar-refractivity contribution is 14.1. The molecule has 2 rings (SSSR count). The lowest BCUT2D eigenvalue weighted by Gasteiger charge is -1.99. The number of aromatic nitrogens is 1. The summed E-state index contributed by atoms with van der Waals surface area (Å²) in [5.74, 6) is -1.47. The third-order valence-corrected chi connectivity index (χ3v) is 3.92.